The van der Waals surface area contributed by atoms with Crippen molar-refractivity contribution in [3.8, 4) is 0 Å². The van der Waals surface area contributed by atoms with Crippen LogP contribution in [0.25, 0.3) is 0 Å². The molecule has 0 heterocycles. The summed E-state index contributed by atoms with van der Waals surface area (Å²) in [4.78, 5) is 30.7. The first-order valence-electron chi connectivity index (χ1n) is 11.9. The molecule has 32 heavy (non-hydrogen) atoms. The van der Waals surface area contributed by atoms with Crippen LogP contribution in [0.1, 0.15) is 84.5 Å². The van der Waals surface area contributed by atoms with Crippen molar-refractivity contribution >= 4 is 23.5 Å². The molecule has 3 rings (SSSR count). The maximum atomic E-state index is 13.2. The van der Waals surface area contributed by atoms with Crippen LogP contribution in [0.5, 0.6) is 0 Å². The van der Waals surface area contributed by atoms with Gasteiger partial charge in [-0.15, -0.1) is 5.06 Å². The van der Waals surface area contributed by atoms with Gasteiger partial charge in [0.25, 0.3) is 0 Å². The van der Waals surface area contributed by atoms with E-state index in [1.54, 1.807) is 0 Å². The minimum Gasteiger partial charge on any atom is -0.388 e. The van der Waals surface area contributed by atoms with Gasteiger partial charge in [-0.3, -0.25) is 4.84 Å². The zero-order valence-electron chi connectivity index (χ0n) is 19.3. The highest BCUT2D eigenvalue weighted by molar-refractivity contribution is 5.99. The number of nitrogens with one attached hydrogen (secondary N) is 1. The Morgan fingerprint density at radius 2 is 1.59 bits per heavy atom. The van der Waals surface area contributed by atoms with Crippen molar-refractivity contribution in [1.82, 2.24) is 5.06 Å². The molecule has 176 valence electrons. The second kappa shape index (κ2) is 13.1. The SMILES string of the molecule is CCC(C)=NOC(=NOC1CCCCC1)N(OC1CCCCC1)C(=O)Nc1ccccc1. The Balaban J connectivity index is 1.81. The molecule has 8 heteroatoms. The molecule has 2 fully saturated rings. The lowest BCUT2D eigenvalue weighted by Crippen LogP contribution is -2.44. The van der Waals surface area contributed by atoms with E-state index in [-0.39, 0.29) is 18.2 Å². The summed E-state index contributed by atoms with van der Waals surface area (Å²) in [7, 11) is 0. The molecule has 1 N–H and O–H groups in total. The van der Waals surface area contributed by atoms with Crippen LogP contribution in [0.2, 0.25) is 0 Å². The molecule has 2 saturated carbocycles. The van der Waals surface area contributed by atoms with Crippen molar-refractivity contribution in [2.45, 2.75) is 96.7 Å². The molecule has 8 nitrogen and oxygen atoms in total. The van der Waals surface area contributed by atoms with Crippen LogP contribution in [0.4, 0.5) is 10.5 Å². The van der Waals surface area contributed by atoms with E-state index in [0.29, 0.717) is 5.69 Å². The summed E-state index contributed by atoms with van der Waals surface area (Å²) in [6.45, 7) is 3.84. The summed E-state index contributed by atoms with van der Waals surface area (Å²) in [6.07, 6.45) is 11.0. The lowest BCUT2D eigenvalue weighted by Gasteiger charge is -2.28. The first kappa shape index (κ1) is 24.0. The van der Waals surface area contributed by atoms with Gasteiger partial charge in [-0.05, 0) is 69.2 Å². The molecule has 0 aliphatic heterocycles. The van der Waals surface area contributed by atoms with Gasteiger partial charge in [-0.1, -0.05) is 56.0 Å². The number of carbonyl (C=O) groups excluding carboxylic acids is 1. The molecule has 0 radical (unpaired) electrons. The first-order chi connectivity index (χ1) is 15.7. The van der Waals surface area contributed by atoms with Gasteiger partial charge in [0, 0.05) is 5.69 Å². The highest BCUT2D eigenvalue weighted by atomic mass is 16.8. The molecule has 1 aromatic rings. The van der Waals surface area contributed by atoms with Gasteiger partial charge in [-0.2, -0.15) is 0 Å². The number of amides is 2. The van der Waals surface area contributed by atoms with E-state index in [1.165, 1.54) is 12.8 Å². The van der Waals surface area contributed by atoms with Crippen molar-refractivity contribution in [3.63, 3.8) is 0 Å². The van der Waals surface area contributed by atoms with E-state index in [0.717, 1.165) is 68.6 Å². The number of hydroxylamine groups is 2. The molecule has 2 amide bonds. The zero-order chi connectivity index (χ0) is 22.6. The third-order valence-corrected chi connectivity index (χ3v) is 5.82. The van der Waals surface area contributed by atoms with E-state index < -0.39 is 6.03 Å². The average molecular weight is 445 g/mol. The van der Waals surface area contributed by atoms with Crippen LogP contribution in [0, 0.1) is 0 Å². The number of para-hydroxylation sites is 1. The predicted molar refractivity (Wildman–Crippen MR) is 125 cm³/mol. The number of nitrogens with zero attached hydrogens (tertiary/aromatic N) is 3. The van der Waals surface area contributed by atoms with Crippen molar-refractivity contribution in [3.05, 3.63) is 30.3 Å². The fraction of sp³-hybridized carbons (Fsp3) is 0.625. The smallest absolute Gasteiger partial charge is 0.387 e. The molecular weight excluding hydrogens is 408 g/mol. The molecule has 0 aromatic heterocycles. The quantitative estimate of drug-likeness (QED) is 0.308. The fourth-order valence-electron chi connectivity index (χ4n) is 3.76. The van der Waals surface area contributed by atoms with Crippen molar-refractivity contribution in [1.29, 1.82) is 0 Å². The third kappa shape index (κ3) is 7.82. The van der Waals surface area contributed by atoms with Crippen molar-refractivity contribution < 1.29 is 19.3 Å². The van der Waals surface area contributed by atoms with Crippen molar-refractivity contribution in [2.24, 2.45) is 10.3 Å². The minimum absolute atomic E-state index is 0.00677. The number of carbonyl (C=O) groups is 1. The minimum atomic E-state index is -0.503. The van der Waals surface area contributed by atoms with E-state index in [4.69, 9.17) is 14.5 Å². The molecule has 0 bridgehead atoms. The van der Waals surface area contributed by atoms with Gasteiger partial charge >= 0.3 is 12.1 Å². The topological polar surface area (TPSA) is 84.8 Å². The second-order valence-electron chi connectivity index (χ2n) is 8.47. The number of anilines is 1. The first-order valence-corrected chi connectivity index (χ1v) is 11.9. The van der Waals surface area contributed by atoms with Gasteiger partial charge in [0.15, 0.2) is 0 Å². The highest BCUT2D eigenvalue weighted by Gasteiger charge is 2.30. The predicted octanol–water partition coefficient (Wildman–Crippen LogP) is 6.21. The number of rotatable bonds is 7. The Bertz CT molecular complexity index is 757. The van der Waals surface area contributed by atoms with Crippen LogP contribution >= 0.6 is 0 Å². The molecule has 0 atom stereocenters. The highest BCUT2D eigenvalue weighted by Crippen LogP contribution is 2.23. The van der Waals surface area contributed by atoms with E-state index in [2.05, 4.69) is 15.6 Å². The number of urea groups is 1. The van der Waals surface area contributed by atoms with Crippen molar-refractivity contribution in [2.75, 3.05) is 5.32 Å². The summed E-state index contributed by atoms with van der Waals surface area (Å²) in [5.41, 5.74) is 1.42. The summed E-state index contributed by atoms with van der Waals surface area (Å²) in [6, 6.07) is 8.61. The molecule has 0 saturated heterocycles. The Hall–Kier alpha value is -2.61. The summed E-state index contributed by atoms with van der Waals surface area (Å²) < 4.78 is 0. The largest absolute Gasteiger partial charge is 0.388 e. The lowest BCUT2D eigenvalue weighted by atomic mass is 9.98. The normalized spacial score (nSPS) is 18.8. The number of hydrogen-bond acceptors (Lipinski definition) is 6. The summed E-state index contributed by atoms with van der Waals surface area (Å²) >= 11 is 0. The van der Waals surface area contributed by atoms with Crippen LogP contribution < -0.4 is 5.32 Å². The van der Waals surface area contributed by atoms with Gasteiger partial charge < -0.3 is 15.0 Å². The average Bonchev–Trinajstić information content (AvgIpc) is 2.84. The van der Waals surface area contributed by atoms with E-state index in [1.807, 2.05) is 44.2 Å². The van der Waals surface area contributed by atoms with Gasteiger partial charge in [0.1, 0.15) is 6.10 Å². The zero-order valence-corrected chi connectivity index (χ0v) is 19.3. The van der Waals surface area contributed by atoms with E-state index >= 15 is 0 Å². The van der Waals surface area contributed by atoms with Crippen LogP contribution in [0.3, 0.4) is 0 Å². The fourth-order valence-corrected chi connectivity index (χ4v) is 3.76. The second-order valence-corrected chi connectivity index (χ2v) is 8.47. The summed E-state index contributed by atoms with van der Waals surface area (Å²) in [5, 5.41) is 12.2. The van der Waals surface area contributed by atoms with Crippen LogP contribution in [-0.2, 0) is 14.5 Å². The molecular formula is C24H36N4O4. The Kier molecular flexibility index (Phi) is 9.81. The number of oxime groups is 2. The maximum absolute atomic E-state index is 13.2. The molecule has 2 aliphatic rings. The number of hydrogen-bond donors (Lipinski definition) is 1. The number of amidine groups is 1. The van der Waals surface area contributed by atoms with E-state index in [9.17, 15) is 4.79 Å². The Morgan fingerprint density at radius 1 is 0.969 bits per heavy atom. The summed E-state index contributed by atoms with van der Waals surface area (Å²) in [5.74, 6) is 0. The molecule has 0 spiro atoms. The Morgan fingerprint density at radius 3 is 2.22 bits per heavy atom. The van der Waals surface area contributed by atoms with Gasteiger partial charge in [0.05, 0.1) is 11.8 Å². The monoisotopic (exact) mass is 444 g/mol. The maximum Gasteiger partial charge on any atom is 0.387 e. The Labute approximate surface area is 190 Å². The molecule has 0 unspecified atom stereocenters. The van der Waals surface area contributed by atoms with Crippen LogP contribution in [-0.4, -0.2) is 35.0 Å². The molecule has 2 aliphatic carbocycles. The number of benzene rings is 1. The molecule has 1 aromatic carbocycles. The lowest BCUT2D eigenvalue weighted by molar-refractivity contribution is -0.136. The third-order valence-electron chi connectivity index (χ3n) is 5.82. The van der Waals surface area contributed by atoms with Gasteiger partial charge in [-0.25, -0.2) is 4.79 Å². The van der Waals surface area contributed by atoms with Gasteiger partial charge in [0.2, 0.25) is 0 Å². The van der Waals surface area contributed by atoms with Crippen LogP contribution in [0.15, 0.2) is 40.6 Å². The standard InChI is InChI=1S/C24H36N4O4/c1-3-19(2)26-31-24(27-30-21-15-9-5-10-16-21)28(32-22-17-11-6-12-18-22)23(29)25-20-13-7-4-8-14-20/h4,7-8,13-14,21-22H,3,5-6,9-12,15-18H2,1-2H3,(H,25,29).